The molecule has 15 nitrogen and oxygen atoms in total. The van der Waals surface area contributed by atoms with Crippen LogP contribution in [0, 0.1) is 11.8 Å². The molecule has 5 bridgehead atoms. The van der Waals surface area contributed by atoms with E-state index >= 15 is 0 Å². The number of rotatable bonds is 5. The summed E-state index contributed by atoms with van der Waals surface area (Å²) < 4.78 is 51.6. The molecule has 3 N–H and O–H groups in total. The van der Waals surface area contributed by atoms with Crippen LogP contribution in [0.5, 0.6) is 17.4 Å². The van der Waals surface area contributed by atoms with Crippen molar-refractivity contribution >= 4 is 44.7 Å². The number of nitrogens with one attached hydrogen (secondary N) is 3. The molecule has 6 atom stereocenters. The fourth-order valence-electron chi connectivity index (χ4n) is 8.39. The summed E-state index contributed by atoms with van der Waals surface area (Å²) in [5.41, 5.74) is 0.118. The van der Waals surface area contributed by atoms with Gasteiger partial charge in [-0.05, 0) is 74.8 Å². The van der Waals surface area contributed by atoms with Crippen LogP contribution in [0.3, 0.4) is 0 Å². The third-order valence-electron chi connectivity index (χ3n) is 11.8. The average Bonchev–Trinajstić information content (AvgIpc) is 4.09. The van der Waals surface area contributed by atoms with Gasteiger partial charge in [-0.15, -0.1) is 0 Å². The van der Waals surface area contributed by atoms with E-state index in [1.165, 1.54) is 12.0 Å². The first-order valence-corrected chi connectivity index (χ1v) is 21.3. The number of pyridine rings is 1. The van der Waals surface area contributed by atoms with E-state index in [1.807, 2.05) is 19.1 Å². The molecule has 1 aromatic heterocycles. The van der Waals surface area contributed by atoms with Crippen molar-refractivity contribution in [3.05, 3.63) is 23.8 Å². The Morgan fingerprint density at radius 3 is 2.49 bits per heavy atom. The molecule has 4 heterocycles. The number of methoxy groups -OCH3 is 2. The number of hydrogen-bond donors (Lipinski definition) is 3. The molecule has 0 radical (unpaired) electrons. The van der Waals surface area contributed by atoms with Crippen LogP contribution in [0.25, 0.3) is 10.9 Å². The highest BCUT2D eigenvalue weighted by Gasteiger charge is 2.62. The largest absolute Gasteiger partial charge is 0.496 e. The zero-order chi connectivity index (χ0) is 38.9. The van der Waals surface area contributed by atoms with Crippen LogP contribution in [0.2, 0.25) is 0 Å². The summed E-state index contributed by atoms with van der Waals surface area (Å²) >= 11 is 0. The van der Waals surface area contributed by atoms with Crippen LogP contribution in [-0.4, -0.2) is 98.5 Å². The summed E-state index contributed by atoms with van der Waals surface area (Å²) in [5.74, 6) is -0.537. The summed E-state index contributed by atoms with van der Waals surface area (Å²) in [7, 11) is -0.755. The number of hydrogen-bond acceptors (Lipinski definition) is 11. The van der Waals surface area contributed by atoms with Crippen molar-refractivity contribution in [2.24, 2.45) is 11.8 Å². The number of cyclic esters (lactones) is 1. The van der Waals surface area contributed by atoms with E-state index < -0.39 is 62.8 Å². The maximum atomic E-state index is 14.6. The molecule has 2 aliphatic carbocycles. The van der Waals surface area contributed by atoms with Gasteiger partial charge in [0.1, 0.15) is 35.2 Å². The van der Waals surface area contributed by atoms with Gasteiger partial charge >= 0.3 is 6.09 Å². The van der Waals surface area contributed by atoms with Crippen LogP contribution in [0.4, 0.5) is 4.79 Å². The number of nitrogens with zero attached hydrogens (tertiary/aromatic N) is 2. The third-order valence-corrected chi connectivity index (χ3v) is 13.7. The van der Waals surface area contributed by atoms with E-state index in [2.05, 4.69) is 20.3 Å². The second-order valence-corrected chi connectivity index (χ2v) is 18.0. The zero-order valence-corrected chi connectivity index (χ0v) is 32.7. The topological polar surface area (TPSA) is 192 Å². The lowest BCUT2D eigenvalue weighted by Gasteiger charge is -2.30. The minimum absolute atomic E-state index is 0.00894. The Morgan fingerprint density at radius 2 is 1.75 bits per heavy atom. The number of amides is 4. The quantitative estimate of drug-likeness (QED) is 0.399. The predicted octanol–water partition coefficient (Wildman–Crippen LogP) is 3.90. The van der Waals surface area contributed by atoms with Gasteiger partial charge in [0.25, 0.3) is 5.91 Å². The Morgan fingerprint density at radius 1 is 0.982 bits per heavy atom. The van der Waals surface area contributed by atoms with Crippen LogP contribution >= 0.6 is 0 Å². The molecule has 4 amide bonds. The minimum atomic E-state index is -3.87. The van der Waals surface area contributed by atoms with Crippen molar-refractivity contribution in [2.45, 2.75) is 126 Å². The zero-order valence-electron chi connectivity index (χ0n) is 31.9. The molecule has 4 fully saturated rings. The maximum Gasteiger partial charge on any atom is 0.407 e. The molecular weight excluding hydrogens is 731 g/mol. The summed E-state index contributed by atoms with van der Waals surface area (Å²) in [6.07, 6.45) is 7.30. The summed E-state index contributed by atoms with van der Waals surface area (Å²) in [6.45, 7) is 2.18. The average molecular weight is 784 g/mol. The number of carbonyl (C=O) groups is 4. The number of alkyl carbamates (subject to hydrolysis) is 1. The maximum absolute atomic E-state index is 14.6. The van der Waals surface area contributed by atoms with Crippen molar-refractivity contribution in [3.63, 3.8) is 0 Å². The third kappa shape index (κ3) is 8.58. The Labute approximate surface area is 322 Å². The molecule has 7 rings (SSSR count). The number of aryl methyl sites for hydroxylation is 1. The molecule has 1 aromatic carbocycles. The number of carbonyl (C=O) groups excluding carboxylic acids is 4. The van der Waals surface area contributed by atoms with E-state index in [9.17, 15) is 27.6 Å². The van der Waals surface area contributed by atoms with Gasteiger partial charge in [0.05, 0.1) is 38.1 Å². The number of sulfonamides is 1. The van der Waals surface area contributed by atoms with E-state index in [1.54, 1.807) is 13.2 Å². The van der Waals surface area contributed by atoms with E-state index in [0.29, 0.717) is 73.2 Å². The van der Waals surface area contributed by atoms with Crippen molar-refractivity contribution in [3.8, 4) is 17.4 Å². The standard InChI is InChI=1S/C39H53N5O10S/c1-23-10-9-11-24-16-28-30(18-32(24)51-2)40-34(52-3)19-33(28)54-26-17-31-35(45)42-39(37(47)43-55(49,50)27-14-15-27)20-25(39)12-7-5-4-6-8-13-29(36(46)44(31)21-26)41-38(48)53-22-23/h16,18-19,23,25-27,29,31H,4-15,17,20-22H2,1-3H3,(H,41,48)(H,42,45)(H,43,47)/t23-,25-,26+,29-,31-,39+/m0/s1. The van der Waals surface area contributed by atoms with E-state index in [0.717, 1.165) is 44.1 Å². The molecule has 0 unspecified atom stereocenters. The second kappa shape index (κ2) is 16.0. The van der Waals surface area contributed by atoms with Gasteiger partial charge in [-0.25, -0.2) is 18.2 Å². The highest BCUT2D eigenvalue weighted by Crippen LogP contribution is 2.48. The number of aromatic nitrogens is 1. The molecule has 5 aliphatic rings. The highest BCUT2D eigenvalue weighted by atomic mass is 32.2. The van der Waals surface area contributed by atoms with Crippen molar-refractivity contribution < 1.29 is 46.5 Å². The molecule has 55 heavy (non-hydrogen) atoms. The number of benzene rings is 1. The summed E-state index contributed by atoms with van der Waals surface area (Å²) in [6, 6.07) is 3.47. The Balaban J connectivity index is 1.25. The van der Waals surface area contributed by atoms with Gasteiger partial charge in [0, 0.05) is 23.9 Å². The minimum Gasteiger partial charge on any atom is -0.496 e. The molecule has 0 spiro atoms. The van der Waals surface area contributed by atoms with Crippen LogP contribution in [0.1, 0.15) is 96.0 Å². The Bertz CT molecular complexity index is 1920. The lowest BCUT2D eigenvalue weighted by Crippen LogP contribution is -2.58. The number of fused-ring (bicyclic) bond motifs is 4. The molecular formula is C39H53N5O10S. The SMILES string of the molecule is COc1cc2c3cc(c(OC)cc3n1)CCC[C@H](C)COC(=O)N[C@H]1CCCCCCC[C@H]3C[C@@]3(C(=O)NS(=O)(=O)C3CC3)NC(=O)[C@@H]3C[C@H](CN3C1=O)O2. The molecule has 300 valence electrons. The molecule has 2 aromatic rings. The fourth-order valence-corrected chi connectivity index (χ4v) is 9.76. The summed E-state index contributed by atoms with van der Waals surface area (Å²) in [4.78, 5) is 62.1. The van der Waals surface area contributed by atoms with Gasteiger partial charge in [0.2, 0.25) is 27.7 Å². The van der Waals surface area contributed by atoms with E-state index in [4.69, 9.17) is 18.9 Å². The lowest BCUT2D eigenvalue weighted by molar-refractivity contribution is -0.141. The normalized spacial score (nSPS) is 29.6. The van der Waals surface area contributed by atoms with Crippen molar-refractivity contribution in [2.75, 3.05) is 27.4 Å². The summed E-state index contributed by atoms with van der Waals surface area (Å²) in [5, 5.41) is 5.86. The Hall–Kier alpha value is -4.34. The monoisotopic (exact) mass is 783 g/mol. The predicted molar refractivity (Wildman–Crippen MR) is 201 cm³/mol. The fraction of sp³-hybridized carbons (Fsp3) is 0.667. The van der Waals surface area contributed by atoms with Gasteiger partial charge in [-0.1, -0.05) is 39.0 Å². The van der Waals surface area contributed by atoms with Crippen molar-refractivity contribution in [1.82, 2.24) is 25.2 Å². The molecule has 3 aliphatic heterocycles. The second-order valence-electron chi connectivity index (χ2n) is 16.0. The first-order chi connectivity index (χ1) is 26.4. The first kappa shape index (κ1) is 38.9. The lowest BCUT2D eigenvalue weighted by atomic mass is 9.99. The molecule has 16 heteroatoms. The van der Waals surface area contributed by atoms with E-state index in [-0.39, 0.29) is 31.4 Å². The Kier molecular flexibility index (Phi) is 11.3. The van der Waals surface area contributed by atoms with Gasteiger partial charge in [0.15, 0.2) is 0 Å². The molecule has 2 saturated heterocycles. The van der Waals surface area contributed by atoms with Crippen molar-refractivity contribution in [1.29, 1.82) is 0 Å². The van der Waals surface area contributed by atoms with Crippen LogP contribution in [-0.2, 0) is 35.6 Å². The van der Waals surface area contributed by atoms with Gasteiger partial charge in [-0.2, -0.15) is 0 Å². The first-order valence-electron chi connectivity index (χ1n) is 19.7. The van der Waals surface area contributed by atoms with Gasteiger partial charge < -0.3 is 34.5 Å². The van der Waals surface area contributed by atoms with Crippen LogP contribution < -0.4 is 29.6 Å². The highest BCUT2D eigenvalue weighted by molar-refractivity contribution is 7.91. The number of ether oxygens (including phenoxy) is 4. The smallest absolute Gasteiger partial charge is 0.407 e. The van der Waals surface area contributed by atoms with Gasteiger partial charge in [-0.3, -0.25) is 19.1 Å². The van der Waals surface area contributed by atoms with Crippen LogP contribution in [0.15, 0.2) is 18.2 Å². The molecule has 2 saturated carbocycles.